The van der Waals surface area contributed by atoms with Crippen molar-refractivity contribution in [1.29, 1.82) is 0 Å². The summed E-state index contributed by atoms with van der Waals surface area (Å²) in [6.45, 7) is 1.82. The van der Waals surface area contributed by atoms with Crippen LogP contribution >= 0.6 is 0 Å². The molecule has 160 valence electrons. The van der Waals surface area contributed by atoms with Crippen molar-refractivity contribution in [3.63, 3.8) is 0 Å². The van der Waals surface area contributed by atoms with Crippen LogP contribution in [-0.2, 0) is 11.3 Å². The Bertz CT molecular complexity index is 1090. The molecule has 1 fully saturated rings. The number of anilines is 1. The van der Waals surface area contributed by atoms with Crippen molar-refractivity contribution < 1.29 is 14.7 Å². The van der Waals surface area contributed by atoms with Gasteiger partial charge >= 0.3 is 6.03 Å². The van der Waals surface area contributed by atoms with Gasteiger partial charge in [-0.15, -0.1) is 0 Å². The fraction of sp³-hybridized carbons (Fsp3) is 0.292. The lowest BCUT2D eigenvalue weighted by Crippen LogP contribution is -2.30. The Morgan fingerprint density at radius 1 is 1.10 bits per heavy atom. The van der Waals surface area contributed by atoms with E-state index < -0.39 is 0 Å². The fourth-order valence-electron chi connectivity index (χ4n) is 4.08. The molecule has 0 saturated heterocycles. The van der Waals surface area contributed by atoms with Crippen LogP contribution in [0.2, 0.25) is 0 Å². The molecule has 2 amide bonds. The predicted octanol–water partition coefficient (Wildman–Crippen LogP) is 4.63. The van der Waals surface area contributed by atoms with Gasteiger partial charge in [0.05, 0.1) is 11.4 Å². The quantitative estimate of drug-likeness (QED) is 0.563. The number of phenolic OH excluding ortho intramolecular Hbond substituents is 1. The molecule has 0 atom stereocenters. The second kappa shape index (κ2) is 9.04. The highest BCUT2D eigenvalue weighted by atomic mass is 16.3. The molecule has 7 nitrogen and oxygen atoms in total. The lowest BCUT2D eigenvalue weighted by Gasteiger charge is -2.12. The van der Waals surface area contributed by atoms with Crippen LogP contribution in [0.4, 0.5) is 10.5 Å². The lowest BCUT2D eigenvalue weighted by atomic mass is 10.0. The number of nitrogens with zero attached hydrogens (tertiary/aromatic N) is 2. The van der Waals surface area contributed by atoms with Crippen LogP contribution in [-0.4, -0.2) is 26.8 Å². The number of carbonyl (C=O) groups excluding carboxylic acids is 2. The fourth-order valence-corrected chi connectivity index (χ4v) is 4.08. The van der Waals surface area contributed by atoms with Crippen molar-refractivity contribution in [3.05, 3.63) is 65.9 Å². The SMILES string of the molecule is CC(=O)Nc1ccc(-c2cc(C3CCCC3)n(C(=O)NCc3ccccc3)n2)c(O)c1. The summed E-state index contributed by atoms with van der Waals surface area (Å²) < 4.78 is 1.44. The van der Waals surface area contributed by atoms with Crippen molar-refractivity contribution in [2.75, 3.05) is 5.32 Å². The van der Waals surface area contributed by atoms with E-state index in [-0.39, 0.29) is 23.6 Å². The first kappa shape index (κ1) is 20.7. The molecule has 0 radical (unpaired) electrons. The van der Waals surface area contributed by atoms with Crippen LogP contribution in [0.5, 0.6) is 5.75 Å². The molecule has 1 aromatic heterocycles. The standard InChI is InChI=1S/C24H26N4O3/c1-16(29)26-19-11-12-20(23(30)13-19)21-14-22(18-9-5-6-10-18)28(27-21)24(31)25-15-17-7-3-2-4-8-17/h2-4,7-8,11-14,18,30H,5-6,9-10,15H2,1H3,(H,25,31)(H,26,29). The summed E-state index contributed by atoms with van der Waals surface area (Å²) in [4.78, 5) is 24.2. The average molecular weight is 418 g/mol. The Kier molecular flexibility index (Phi) is 6.02. The van der Waals surface area contributed by atoms with Crippen LogP contribution in [0.25, 0.3) is 11.3 Å². The van der Waals surface area contributed by atoms with E-state index in [1.54, 1.807) is 12.1 Å². The van der Waals surface area contributed by atoms with E-state index in [1.807, 2.05) is 36.4 Å². The smallest absolute Gasteiger partial charge is 0.342 e. The Labute approximate surface area is 181 Å². The Balaban J connectivity index is 1.62. The molecule has 4 rings (SSSR count). The molecule has 1 saturated carbocycles. The number of amides is 2. The summed E-state index contributed by atoms with van der Waals surface area (Å²) in [6.07, 6.45) is 4.30. The predicted molar refractivity (Wildman–Crippen MR) is 119 cm³/mol. The van der Waals surface area contributed by atoms with Crippen LogP contribution < -0.4 is 10.6 Å². The Hall–Kier alpha value is -3.61. The van der Waals surface area contributed by atoms with Crippen molar-refractivity contribution in [2.24, 2.45) is 0 Å². The van der Waals surface area contributed by atoms with E-state index in [1.165, 1.54) is 17.7 Å². The van der Waals surface area contributed by atoms with Gasteiger partial charge in [-0.2, -0.15) is 9.78 Å². The third kappa shape index (κ3) is 4.77. The Morgan fingerprint density at radius 3 is 2.52 bits per heavy atom. The van der Waals surface area contributed by atoms with Crippen molar-refractivity contribution in [1.82, 2.24) is 15.1 Å². The van der Waals surface area contributed by atoms with Gasteiger partial charge in [0.15, 0.2) is 0 Å². The molecule has 1 aliphatic carbocycles. The molecule has 2 aromatic carbocycles. The van der Waals surface area contributed by atoms with E-state index in [0.717, 1.165) is 36.9 Å². The van der Waals surface area contributed by atoms with Gasteiger partial charge in [-0.05, 0) is 36.6 Å². The van der Waals surface area contributed by atoms with Crippen molar-refractivity contribution in [2.45, 2.75) is 45.1 Å². The maximum atomic E-state index is 13.0. The third-order valence-electron chi connectivity index (χ3n) is 5.58. The van der Waals surface area contributed by atoms with Crippen LogP contribution in [0.3, 0.4) is 0 Å². The minimum atomic E-state index is -0.286. The number of benzene rings is 2. The normalized spacial score (nSPS) is 13.8. The first-order valence-corrected chi connectivity index (χ1v) is 10.5. The summed E-state index contributed by atoms with van der Waals surface area (Å²) in [6, 6.07) is 16.2. The molecular weight excluding hydrogens is 392 g/mol. The van der Waals surface area contributed by atoms with E-state index in [0.29, 0.717) is 23.5 Å². The Morgan fingerprint density at radius 2 is 1.84 bits per heavy atom. The number of phenols is 1. The summed E-state index contributed by atoms with van der Waals surface area (Å²) in [5, 5.41) is 20.6. The number of rotatable bonds is 5. The molecule has 1 heterocycles. The summed E-state index contributed by atoms with van der Waals surface area (Å²) >= 11 is 0. The summed E-state index contributed by atoms with van der Waals surface area (Å²) in [5.41, 5.74) is 3.43. The molecule has 0 spiro atoms. The average Bonchev–Trinajstić information content (AvgIpc) is 3.42. The van der Waals surface area contributed by atoms with Crippen molar-refractivity contribution >= 4 is 17.6 Å². The third-order valence-corrected chi connectivity index (χ3v) is 5.58. The van der Waals surface area contributed by atoms with E-state index in [9.17, 15) is 14.7 Å². The van der Waals surface area contributed by atoms with Crippen LogP contribution in [0.1, 0.15) is 49.8 Å². The van der Waals surface area contributed by atoms with Crippen molar-refractivity contribution in [3.8, 4) is 17.0 Å². The largest absolute Gasteiger partial charge is 0.507 e. The molecule has 0 unspecified atom stereocenters. The minimum absolute atomic E-state index is 0.00133. The topological polar surface area (TPSA) is 96.3 Å². The molecule has 7 heteroatoms. The second-order valence-corrected chi connectivity index (χ2v) is 7.91. The highest BCUT2D eigenvalue weighted by Crippen LogP contribution is 2.37. The van der Waals surface area contributed by atoms with E-state index in [4.69, 9.17) is 0 Å². The number of aromatic nitrogens is 2. The molecule has 0 bridgehead atoms. The zero-order valence-electron chi connectivity index (χ0n) is 17.5. The van der Waals surface area contributed by atoms with Gasteiger partial charge < -0.3 is 15.7 Å². The molecule has 1 aliphatic rings. The molecular formula is C24H26N4O3. The second-order valence-electron chi connectivity index (χ2n) is 7.91. The zero-order chi connectivity index (χ0) is 21.8. The maximum absolute atomic E-state index is 13.0. The van der Waals surface area contributed by atoms with Gasteiger partial charge in [0.2, 0.25) is 5.91 Å². The maximum Gasteiger partial charge on any atom is 0.342 e. The minimum Gasteiger partial charge on any atom is -0.507 e. The van der Waals surface area contributed by atoms with Gasteiger partial charge in [-0.25, -0.2) is 4.79 Å². The monoisotopic (exact) mass is 418 g/mol. The zero-order valence-corrected chi connectivity index (χ0v) is 17.5. The molecule has 3 aromatic rings. The molecule has 3 N–H and O–H groups in total. The van der Waals surface area contributed by atoms with Gasteiger partial charge in [-0.1, -0.05) is 43.2 Å². The van der Waals surface area contributed by atoms with E-state index in [2.05, 4.69) is 15.7 Å². The number of nitrogens with one attached hydrogen (secondary N) is 2. The molecule has 0 aliphatic heterocycles. The summed E-state index contributed by atoms with van der Waals surface area (Å²) in [7, 11) is 0. The van der Waals surface area contributed by atoms with Gasteiger partial charge in [0, 0.05) is 36.7 Å². The number of aromatic hydroxyl groups is 1. The number of hydrogen-bond donors (Lipinski definition) is 3. The van der Waals surface area contributed by atoms with Crippen LogP contribution in [0, 0.1) is 0 Å². The van der Waals surface area contributed by atoms with Gasteiger partial charge in [-0.3, -0.25) is 4.79 Å². The van der Waals surface area contributed by atoms with Crippen LogP contribution in [0.15, 0.2) is 54.6 Å². The first-order chi connectivity index (χ1) is 15.0. The lowest BCUT2D eigenvalue weighted by molar-refractivity contribution is -0.114. The highest BCUT2D eigenvalue weighted by molar-refractivity contribution is 5.89. The first-order valence-electron chi connectivity index (χ1n) is 10.5. The molecule has 31 heavy (non-hydrogen) atoms. The van der Waals surface area contributed by atoms with Gasteiger partial charge in [0.25, 0.3) is 0 Å². The number of hydrogen-bond acceptors (Lipinski definition) is 4. The number of carbonyl (C=O) groups is 2. The highest BCUT2D eigenvalue weighted by Gasteiger charge is 2.26. The summed E-state index contributed by atoms with van der Waals surface area (Å²) in [5.74, 6) is 0.0538. The van der Waals surface area contributed by atoms with Gasteiger partial charge in [0.1, 0.15) is 5.75 Å². The van der Waals surface area contributed by atoms with E-state index >= 15 is 0 Å².